The molecule has 1 aromatic rings. The largest absolute Gasteiger partial charge is 0.380 e. The van der Waals surface area contributed by atoms with E-state index in [1.54, 1.807) is 18.2 Å². The Hall–Kier alpha value is -1.82. The van der Waals surface area contributed by atoms with Crippen LogP contribution in [0.1, 0.15) is 13.8 Å². The van der Waals surface area contributed by atoms with E-state index in [1.165, 1.54) is 0 Å². The number of hydrogen-bond donors (Lipinski definition) is 2. The fraction of sp³-hybridized carbons (Fsp3) is 0.500. The van der Waals surface area contributed by atoms with Crippen LogP contribution in [0.3, 0.4) is 0 Å². The maximum absolute atomic E-state index is 11.1. The van der Waals surface area contributed by atoms with Crippen molar-refractivity contribution >= 4 is 17.1 Å². The van der Waals surface area contributed by atoms with Gasteiger partial charge >= 0.3 is 5.69 Å². The molecule has 0 unspecified atom stereocenters. The summed E-state index contributed by atoms with van der Waals surface area (Å²) in [5.41, 5.74) is 1.12. The van der Waals surface area contributed by atoms with Gasteiger partial charge in [-0.2, -0.15) is 0 Å². The molecule has 0 saturated heterocycles. The Labute approximate surface area is 106 Å². The number of anilines is 2. The van der Waals surface area contributed by atoms with E-state index >= 15 is 0 Å². The van der Waals surface area contributed by atoms with Crippen LogP contribution in [0.4, 0.5) is 17.1 Å². The molecular formula is C12H19N3O3. The first kappa shape index (κ1) is 14.2. The van der Waals surface area contributed by atoms with Crippen LogP contribution in [0.25, 0.3) is 0 Å². The van der Waals surface area contributed by atoms with Crippen LogP contribution in [0.5, 0.6) is 0 Å². The predicted molar refractivity (Wildman–Crippen MR) is 72.2 cm³/mol. The molecule has 1 rings (SSSR count). The minimum Gasteiger partial charge on any atom is -0.380 e. The van der Waals surface area contributed by atoms with Gasteiger partial charge in [0.1, 0.15) is 11.4 Å². The van der Waals surface area contributed by atoms with E-state index in [0.29, 0.717) is 37.7 Å². The molecule has 0 saturated carbocycles. The maximum Gasteiger partial charge on any atom is 0.315 e. The molecular weight excluding hydrogens is 234 g/mol. The van der Waals surface area contributed by atoms with E-state index in [2.05, 4.69) is 10.6 Å². The predicted octanol–water partition coefficient (Wildman–Crippen LogP) is 2.48. The van der Waals surface area contributed by atoms with Gasteiger partial charge in [0.25, 0.3) is 0 Å². The molecule has 1 aromatic carbocycles. The van der Waals surface area contributed by atoms with Crippen LogP contribution in [0, 0.1) is 10.1 Å². The number of nitro benzene ring substituents is 1. The first-order valence-corrected chi connectivity index (χ1v) is 6.03. The second kappa shape index (κ2) is 7.50. The molecule has 0 atom stereocenters. The van der Waals surface area contributed by atoms with Crippen LogP contribution in [-0.4, -0.2) is 31.2 Å². The van der Waals surface area contributed by atoms with Crippen molar-refractivity contribution < 1.29 is 9.66 Å². The number of nitro groups is 1. The minimum atomic E-state index is -0.374. The molecule has 0 aliphatic carbocycles. The topological polar surface area (TPSA) is 76.4 Å². The number of para-hydroxylation sites is 1. The fourth-order valence-electron chi connectivity index (χ4n) is 1.62. The standard InChI is InChI=1S/C12H19N3O3/c1-3-13-10-6-5-7-11(12(10)15(16)17)14-8-9-18-4-2/h5-7,13-14H,3-4,8-9H2,1-2H3. The lowest BCUT2D eigenvalue weighted by molar-refractivity contribution is -0.383. The van der Waals surface area contributed by atoms with E-state index < -0.39 is 0 Å². The summed E-state index contributed by atoms with van der Waals surface area (Å²) < 4.78 is 5.19. The molecule has 18 heavy (non-hydrogen) atoms. The van der Waals surface area contributed by atoms with Crippen molar-refractivity contribution in [2.24, 2.45) is 0 Å². The number of rotatable bonds is 8. The molecule has 0 spiro atoms. The third-order valence-corrected chi connectivity index (χ3v) is 2.35. The van der Waals surface area contributed by atoms with E-state index in [9.17, 15) is 10.1 Å². The Morgan fingerprint density at radius 2 is 1.94 bits per heavy atom. The Bertz CT molecular complexity index is 396. The maximum atomic E-state index is 11.1. The van der Waals surface area contributed by atoms with Crippen molar-refractivity contribution in [1.29, 1.82) is 0 Å². The summed E-state index contributed by atoms with van der Waals surface area (Å²) in [7, 11) is 0. The molecule has 0 aliphatic heterocycles. The summed E-state index contributed by atoms with van der Waals surface area (Å²) in [4.78, 5) is 10.7. The normalized spacial score (nSPS) is 10.1. The zero-order valence-electron chi connectivity index (χ0n) is 10.7. The average molecular weight is 253 g/mol. The van der Waals surface area contributed by atoms with Crippen LogP contribution in [0.2, 0.25) is 0 Å². The Morgan fingerprint density at radius 1 is 1.28 bits per heavy atom. The molecule has 0 aromatic heterocycles. The molecule has 2 N–H and O–H groups in total. The van der Waals surface area contributed by atoms with E-state index in [4.69, 9.17) is 4.74 Å². The molecule has 0 radical (unpaired) electrons. The van der Waals surface area contributed by atoms with Gasteiger partial charge in [-0.25, -0.2) is 0 Å². The lowest BCUT2D eigenvalue weighted by Crippen LogP contribution is -2.11. The molecule has 6 heteroatoms. The summed E-state index contributed by atoms with van der Waals surface area (Å²) in [6.45, 7) is 6.17. The third kappa shape index (κ3) is 3.89. The molecule has 0 aliphatic rings. The Kier molecular flexibility index (Phi) is 5.93. The lowest BCUT2D eigenvalue weighted by Gasteiger charge is -2.10. The molecule has 6 nitrogen and oxygen atoms in total. The molecule has 0 bridgehead atoms. The van der Waals surface area contributed by atoms with Crippen LogP contribution in [-0.2, 0) is 4.74 Å². The van der Waals surface area contributed by atoms with Crippen molar-refractivity contribution in [3.05, 3.63) is 28.3 Å². The fourth-order valence-corrected chi connectivity index (χ4v) is 1.62. The number of hydrogen-bond acceptors (Lipinski definition) is 5. The summed E-state index contributed by atoms with van der Waals surface area (Å²) in [5.74, 6) is 0. The minimum absolute atomic E-state index is 0.0795. The first-order valence-electron chi connectivity index (χ1n) is 6.03. The highest BCUT2D eigenvalue weighted by molar-refractivity contribution is 5.76. The molecule has 0 amide bonds. The van der Waals surface area contributed by atoms with E-state index in [1.807, 2.05) is 13.8 Å². The summed E-state index contributed by atoms with van der Waals surface area (Å²) in [5, 5.41) is 17.1. The number of benzene rings is 1. The van der Waals surface area contributed by atoms with Crippen LogP contribution in [0.15, 0.2) is 18.2 Å². The van der Waals surface area contributed by atoms with Gasteiger partial charge in [0.15, 0.2) is 0 Å². The van der Waals surface area contributed by atoms with Gasteiger partial charge in [0, 0.05) is 19.7 Å². The molecule has 0 fully saturated rings. The zero-order chi connectivity index (χ0) is 13.4. The summed E-state index contributed by atoms with van der Waals surface area (Å²) in [6.07, 6.45) is 0. The van der Waals surface area contributed by atoms with Gasteiger partial charge < -0.3 is 15.4 Å². The highest BCUT2D eigenvalue weighted by Crippen LogP contribution is 2.32. The zero-order valence-corrected chi connectivity index (χ0v) is 10.7. The van der Waals surface area contributed by atoms with Gasteiger partial charge in [0.05, 0.1) is 11.5 Å². The van der Waals surface area contributed by atoms with Gasteiger partial charge in [-0.3, -0.25) is 10.1 Å². The van der Waals surface area contributed by atoms with Crippen molar-refractivity contribution in [3.8, 4) is 0 Å². The van der Waals surface area contributed by atoms with Crippen LogP contribution >= 0.6 is 0 Å². The third-order valence-electron chi connectivity index (χ3n) is 2.35. The highest BCUT2D eigenvalue weighted by atomic mass is 16.6. The number of ether oxygens (including phenoxy) is 1. The Balaban J connectivity index is 2.82. The highest BCUT2D eigenvalue weighted by Gasteiger charge is 2.18. The number of nitrogens with zero attached hydrogens (tertiary/aromatic N) is 1. The lowest BCUT2D eigenvalue weighted by atomic mass is 10.2. The van der Waals surface area contributed by atoms with Gasteiger partial charge in [0.2, 0.25) is 0 Å². The average Bonchev–Trinajstić information content (AvgIpc) is 2.35. The van der Waals surface area contributed by atoms with E-state index in [-0.39, 0.29) is 10.6 Å². The SMILES string of the molecule is CCNc1cccc(NCCOCC)c1[N+](=O)[O-]. The van der Waals surface area contributed by atoms with Crippen molar-refractivity contribution in [3.63, 3.8) is 0 Å². The quantitative estimate of drug-likeness (QED) is 0.423. The molecule has 0 heterocycles. The van der Waals surface area contributed by atoms with Crippen molar-refractivity contribution in [2.45, 2.75) is 13.8 Å². The second-order valence-electron chi connectivity index (χ2n) is 3.61. The van der Waals surface area contributed by atoms with Gasteiger partial charge in [-0.05, 0) is 26.0 Å². The van der Waals surface area contributed by atoms with Crippen molar-refractivity contribution in [1.82, 2.24) is 0 Å². The second-order valence-corrected chi connectivity index (χ2v) is 3.61. The number of nitrogens with one attached hydrogen (secondary N) is 2. The smallest absolute Gasteiger partial charge is 0.315 e. The Morgan fingerprint density at radius 3 is 2.50 bits per heavy atom. The van der Waals surface area contributed by atoms with Gasteiger partial charge in [-0.1, -0.05) is 6.07 Å². The molecule has 100 valence electrons. The summed E-state index contributed by atoms with van der Waals surface area (Å²) >= 11 is 0. The summed E-state index contributed by atoms with van der Waals surface area (Å²) in [6, 6.07) is 5.19. The van der Waals surface area contributed by atoms with Crippen molar-refractivity contribution in [2.75, 3.05) is 36.9 Å². The first-order chi connectivity index (χ1) is 8.70. The van der Waals surface area contributed by atoms with E-state index in [0.717, 1.165) is 0 Å². The van der Waals surface area contributed by atoms with Gasteiger partial charge in [-0.15, -0.1) is 0 Å². The monoisotopic (exact) mass is 253 g/mol. The van der Waals surface area contributed by atoms with Crippen LogP contribution < -0.4 is 10.6 Å².